The summed E-state index contributed by atoms with van der Waals surface area (Å²) >= 11 is 0. The molecule has 0 aromatic heterocycles. The van der Waals surface area contributed by atoms with Gasteiger partial charge in [-0.2, -0.15) is 17.0 Å². The van der Waals surface area contributed by atoms with Crippen LogP contribution in [-0.4, -0.2) is 69.7 Å². The van der Waals surface area contributed by atoms with Gasteiger partial charge < -0.3 is 10.1 Å². The van der Waals surface area contributed by atoms with E-state index >= 15 is 0 Å². The highest BCUT2D eigenvalue weighted by atomic mass is 32.2. The lowest BCUT2D eigenvalue weighted by atomic mass is 9.89. The van der Waals surface area contributed by atoms with Crippen LogP contribution < -0.4 is 5.32 Å². The topological polar surface area (TPSA) is 96.0 Å². The Hall–Kier alpha value is -1.19. The summed E-state index contributed by atoms with van der Waals surface area (Å²) in [7, 11) is 0.525. The smallest absolute Gasteiger partial charge is 0.306 e. The highest BCUT2D eigenvalue weighted by Gasteiger charge is 2.44. The summed E-state index contributed by atoms with van der Waals surface area (Å²) in [5, 5.41) is 2.56. The molecule has 1 amide bonds. The molecular weight excluding hydrogens is 298 g/mol. The summed E-state index contributed by atoms with van der Waals surface area (Å²) in [6.45, 7) is 2.21. The summed E-state index contributed by atoms with van der Waals surface area (Å²) in [5.74, 6) is -0.633. The lowest BCUT2D eigenvalue weighted by molar-refractivity contribution is -0.140. The Morgan fingerprint density at radius 3 is 2.57 bits per heavy atom. The first-order valence-electron chi connectivity index (χ1n) is 6.68. The van der Waals surface area contributed by atoms with Crippen molar-refractivity contribution in [2.45, 2.75) is 19.8 Å². The zero-order chi connectivity index (χ0) is 16.3. The van der Waals surface area contributed by atoms with E-state index in [1.165, 1.54) is 25.5 Å². The molecule has 0 bridgehead atoms. The van der Waals surface area contributed by atoms with Crippen molar-refractivity contribution < 1.29 is 22.7 Å². The quantitative estimate of drug-likeness (QED) is 0.645. The molecule has 1 aliphatic rings. The van der Waals surface area contributed by atoms with Crippen molar-refractivity contribution in [2.75, 3.05) is 40.8 Å². The molecule has 0 spiro atoms. The molecule has 1 rings (SSSR count). The molecule has 0 radical (unpaired) electrons. The van der Waals surface area contributed by atoms with Gasteiger partial charge in [0, 0.05) is 33.7 Å². The van der Waals surface area contributed by atoms with Crippen LogP contribution in [0.4, 0.5) is 0 Å². The molecule has 0 aromatic carbocycles. The number of rotatable bonds is 6. The lowest BCUT2D eigenvalue weighted by Gasteiger charge is -2.26. The molecule has 1 aliphatic heterocycles. The Kier molecular flexibility index (Phi) is 5.71. The van der Waals surface area contributed by atoms with Crippen molar-refractivity contribution in [3.05, 3.63) is 0 Å². The minimum Gasteiger partial charge on any atom is -0.469 e. The molecule has 0 aromatic rings. The van der Waals surface area contributed by atoms with Crippen LogP contribution in [-0.2, 0) is 24.5 Å². The number of esters is 1. The van der Waals surface area contributed by atoms with Gasteiger partial charge >= 0.3 is 5.97 Å². The van der Waals surface area contributed by atoms with E-state index in [0.717, 1.165) is 4.31 Å². The van der Waals surface area contributed by atoms with Gasteiger partial charge in [0.15, 0.2) is 0 Å². The predicted molar refractivity (Wildman–Crippen MR) is 76.5 cm³/mol. The van der Waals surface area contributed by atoms with E-state index in [1.807, 2.05) is 0 Å². The minimum absolute atomic E-state index is 0.00716. The zero-order valence-electron chi connectivity index (χ0n) is 12.9. The summed E-state index contributed by atoms with van der Waals surface area (Å²) < 4.78 is 31.7. The highest BCUT2D eigenvalue weighted by Crippen LogP contribution is 2.32. The van der Waals surface area contributed by atoms with Crippen LogP contribution in [0.2, 0.25) is 0 Å². The maximum atomic E-state index is 12.4. The first kappa shape index (κ1) is 17.9. The van der Waals surface area contributed by atoms with Gasteiger partial charge in [-0.25, -0.2) is 0 Å². The van der Waals surface area contributed by atoms with Gasteiger partial charge in [-0.15, -0.1) is 0 Å². The van der Waals surface area contributed by atoms with E-state index < -0.39 is 21.6 Å². The summed E-state index contributed by atoms with van der Waals surface area (Å²) in [4.78, 5) is 22.9. The molecule has 21 heavy (non-hydrogen) atoms. The van der Waals surface area contributed by atoms with Crippen molar-refractivity contribution in [3.8, 4) is 0 Å². The predicted octanol–water partition coefficient (Wildman–Crippen LogP) is -0.816. The number of carbonyl (C=O) groups is 2. The second-order valence-electron chi connectivity index (χ2n) is 5.38. The Morgan fingerprint density at radius 1 is 1.43 bits per heavy atom. The van der Waals surface area contributed by atoms with Crippen LogP contribution in [0.5, 0.6) is 0 Å². The van der Waals surface area contributed by atoms with Crippen LogP contribution in [0.25, 0.3) is 0 Å². The van der Waals surface area contributed by atoms with Gasteiger partial charge in [0.1, 0.15) is 0 Å². The molecule has 1 N–H and O–H groups in total. The van der Waals surface area contributed by atoms with Crippen molar-refractivity contribution in [1.82, 2.24) is 13.9 Å². The largest absolute Gasteiger partial charge is 0.469 e. The molecule has 1 atom stereocenters. The number of hydrogen-bond donors (Lipinski definition) is 1. The van der Waals surface area contributed by atoms with Crippen LogP contribution in [0.1, 0.15) is 19.8 Å². The van der Waals surface area contributed by atoms with E-state index in [2.05, 4.69) is 10.1 Å². The first-order chi connectivity index (χ1) is 9.67. The van der Waals surface area contributed by atoms with Crippen molar-refractivity contribution in [2.24, 2.45) is 5.41 Å². The Labute approximate surface area is 125 Å². The van der Waals surface area contributed by atoms with Gasteiger partial charge in [-0.1, -0.05) is 0 Å². The average molecular weight is 321 g/mol. The average Bonchev–Trinajstić information content (AvgIpc) is 2.87. The molecule has 1 saturated heterocycles. The van der Waals surface area contributed by atoms with E-state index in [-0.39, 0.29) is 32.0 Å². The molecular formula is C12H23N3O5S. The number of hydrogen-bond acceptors (Lipinski definition) is 5. The van der Waals surface area contributed by atoms with Gasteiger partial charge in [-0.05, 0) is 13.3 Å². The third-order valence-corrected chi connectivity index (χ3v) is 5.73. The monoisotopic (exact) mass is 321 g/mol. The van der Waals surface area contributed by atoms with Crippen molar-refractivity contribution in [3.63, 3.8) is 0 Å². The van der Waals surface area contributed by atoms with Crippen molar-refractivity contribution >= 4 is 22.1 Å². The fourth-order valence-electron chi connectivity index (χ4n) is 2.27. The number of nitrogens with one attached hydrogen (secondary N) is 1. The minimum atomic E-state index is -3.68. The lowest BCUT2D eigenvalue weighted by Crippen LogP contribution is -2.44. The molecule has 9 heteroatoms. The number of nitrogens with zero attached hydrogens (tertiary/aromatic N) is 2. The SMILES string of the molecule is CNC(=O)C1(C)CCN(S(=O)(=O)N(C)CCC(=O)OC)C1. The van der Waals surface area contributed by atoms with E-state index in [9.17, 15) is 18.0 Å². The highest BCUT2D eigenvalue weighted by molar-refractivity contribution is 7.86. The zero-order valence-corrected chi connectivity index (χ0v) is 13.7. The molecule has 122 valence electrons. The number of methoxy groups -OCH3 is 1. The Balaban J connectivity index is 2.72. The summed E-state index contributed by atoms with van der Waals surface area (Å²) in [6.07, 6.45) is 0.462. The molecule has 0 aliphatic carbocycles. The van der Waals surface area contributed by atoms with Gasteiger partial charge in [0.05, 0.1) is 18.9 Å². The molecule has 0 saturated carbocycles. The van der Waals surface area contributed by atoms with E-state index in [0.29, 0.717) is 6.42 Å². The van der Waals surface area contributed by atoms with Gasteiger partial charge in [0.25, 0.3) is 10.2 Å². The second-order valence-corrected chi connectivity index (χ2v) is 7.41. The van der Waals surface area contributed by atoms with Gasteiger partial charge in [-0.3, -0.25) is 9.59 Å². The molecule has 1 heterocycles. The molecule has 8 nitrogen and oxygen atoms in total. The summed E-state index contributed by atoms with van der Waals surface area (Å²) in [5.41, 5.74) is -0.717. The van der Waals surface area contributed by atoms with Crippen LogP contribution in [0.3, 0.4) is 0 Å². The number of amides is 1. The van der Waals surface area contributed by atoms with Gasteiger partial charge in [0.2, 0.25) is 5.91 Å². The number of ether oxygens (including phenoxy) is 1. The van der Waals surface area contributed by atoms with Crippen LogP contribution in [0.15, 0.2) is 0 Å². The van der Waals surface area contributed by atoms with Crippen LogP contribution >= 0.6 is 0 Å². The van der Waals surface area contributed by atoms with Crippen LogP contribution in [0, 0.1) is 5.41 Å². The summed E-state index contributed by atoms with van der Waals surface area (Å²) in [6, 6.07) is 0. The van der Waals surface area contributed by atoms with Crippen molar-refractivity contribution in [1.29, 1.82) is 0 Å². The maximum absolute atomic E-state index is 12.4. The Bertz CT molecular complexity index is 507. The third kappa shape index (κ3) is 3.92. The maximum Gasteiger partial charge on any atom is 0.306 e. The third-order valence-electron chi connectivity index (χ3n) is 3.79. The Morgan fingerprint density at radius 2 is 2.05 bits per heavy atom. The fourth-order valence-corrected chi connectivity index (χ4v) is 3.75. The number of carbonyl (C=O) groups excluding carboxylic acids is 2. The molecule has 1 fully saturated rings. The molecule has 1 unspecified atom stereocenters. The van der Waals surface area contributed by atoms with E-state index in [1.54, 1.807) is 6.92 Å². The van der Waals surface area contributed by atoms with E-state index in [4.69, 9.17) is 0 Å². The second kappa shape index (κ2) is 6.71. The fraction of sp³-hybridized carbons (Fsp3) is 0.833. The normalized spacial score (nSPS) is 23.3. The standard InChI is InChI=1S/C12H23N3O5S/c1-12(11(17)13-2)6-8-15(9-12)21(18,19)14(3)7-5-10(16)20-4/h5-9H2,1-4H3,(H,13,17). The first-order valence-corrected chi connectivity index (χ1v) is 8.07.